The number of hydrogen-bond donors (Lipinski definition) is 0. The highest BCUT2D eigenvalue weighted by atomic mass is 16.6. The molecule has 0 spiro atoms. The summed E-state index contributed by atoms with van der Waals surface area (Å²) >= 11 is 0. The van der Waals surface area contributed by atoms with Crippen LogP contribution < -0.4 is 0 Å². The quantitative estimate of drug-likeness (QED) is 0.480. The zero-order valence-corrected chi connectivity index (χ0v) is 13.8. The number of fused-ring (bicyclic) bond motifs is 1. The number of non-ortho nitro benzene ring substituents is 1. The van der Waals surface area contributed by atoms with Crippen molar-refractivity contribution in [1.82, 2.24) is 9.80 Å². The van der Waals surface area contributed by atoms with E-state index in [-0.39, 0.29) is 11.1 Å². The number of hydrogen-bond acceptors (Lipinski definition) is 6. The standard InChI is InChI=1S/C17H21N5O2/c1-17-11-20-6-7-21(12-17)10-14(9-20)16(17)19-18-8-13-2-4-15(5-3-13)22(23)24/h2-5,8,14H,6-7,9-12H2,1H3/b18-8+,19-16+. The lowest BCUT2D eigenvalue weighted by molar-refractivity contribution is -0.384. The van der Waals surface area contributed by atoms with Gasteiger partial charge in [0.05, 0.1) is 16.8 Å². The molecular weight excluding hydrogens is 306 g/mol. The summed E-state index contributed by atoms with van der Waals surface area (Å²) in [7, 11) is 0. The van der Waals surface area contributed by atoms with E-state index in [1.165, 1.54) is 17.8 Å². The lowest BCUT2D eigenvalue weighted by Gasteiger charge is -2.48. The van der Waals surface area contributed by atoms with Crippen molar-refractivity contribution in [3.05, 3.63) is 39.9 Å². The van der Waals surface area contributed by atoms with Crippen molar-refractivity contribution in [2.45, 2.75) is 6.92 Å². The minimum Gasteiger partial charge on any atom is -0.300 e. The number of benzene rings is 1. The molecule has 0 saturated carbocycles. The van der Waals surface area contributed by atoms with Crippen LogP contribution in [0.5, 0.6) is 0 Å². The number of rotatable bonds is 3. The Morgan fingerprint density at radius 2 is 1.83 bits per heavy atom. The molecule has 24 heavy (non-hydrogen) atoms. The Morgan fingerprint density at radius 1 is 1.21 bits per heavy atom. The summed E-state index contributed by atoms with van der Waals surface area (Å²) < 4.78 is 0. The molecule has 0 amide bonds. The zero-order chi connectivity index (χ0) is 16.7. The molecule has 4 aliphatic heterocycles. The summed E-state index contributed by atoms with van der Waals surface area (Å²) in [6.45, 7) is 8.90. The smallest absolute Gasteiger partial charge is 0.269 e. The van der Waals surface area contributed by atoms with Gasteiger partial charge in [-0.3, -0.25) is 10.1 Å². The molecule has 1 aromatic carbocycles. The largest absolute Gasteiger partial charge is 0.300 e. The van der Waals surface area contributed by atoms with Gasteiger partial charge >= 0.3 is 0 Å². The van der Waals surface area contributed by atoms with Gasteiger partial charge in [-0.15, -0.1) is 0 Å². The molecule has 1 aromatic rings. The summed E-state index contributed by atoms with van der Waals surface area (Å²) in [4.78, 5) is 15.4. The maximum Gasteiger partial charge on any atom is 0.269 e. The summed E-state index contributed by atoms with van der Waals surface area (Å²) in [5.74, 6) is 0.467. The average molecular weight is 327 g/mol. The van der Waals surface area contributed by atoms with E-state index in [1.807, 2.05) is 0 Å². The summed E-state index contributed by atoms with van der Waals surface area (Å²) in [5, 5.41) is 19.6. The highest BCUT2D eigenvalue weighted by Crippen LogP contribution is 2.38. The highest BCUT2D eigenvalue weighted by Gasteiger charge is 2.49. The van der Waals surface area contributed by atoms with Crippen LogP contribution in [0.2, 0.25) is 0 Å². The van der Waals surface area contributed by atoms with E-state index in [0.29, 0.717) is 5.92 Å². The van der Waals surface area contributed by atoms with Crippen molar-refractivity contribution in [1.29, 1.82) is 0 Å². The Labute approximate surface area is 140 Å². The molecule has 0 radical (unpaired) electrons. The van der Waals surface area contributed by atoms with Crippen LogP contribution >= 0.6 is 0 Å². The SMILES string of the molecule is CC12CN3CCN(CC(C3)/C1=N\N=C\c1ccc([N+](=O)[O-])cc1)C2. The Hall–Kier alpha value is -2.12. The van der Waals surface area contributed by atoms with Gasteiger partial charge in [-0.1, -0.05) is 6.92 Å². The molecule has 2 atom stereocenters. The molecule has 4 saturated heterocycles. The van der Waals surface area contributed by atoms with Crippen molar-refractivity contribution in [2.24, 2.45) is 21.5 Å². The Morgan fingerprint density at radius 3 is 2.38 bits per heavy atom. The Kier molecular flexibility index (Phi) is 3.69. The van der Waals surface area contributed by atoms with Crippen LogP contribution in [0, 0.1) is 21.4 Å². The molecule has 7 heteroatoms. The highest BCUT2D eigenvalue weighted by molar-refractivity contribution is 5.95. The first-order valence-electron chi connectivity index (χ1n) is 8.34. The van der Waals surface area contributed by atoms with Gasteiger partial charge in [-0.2, -0.15) is 10.2 Å². The summed E-state index contributed by atoms with van der Waals surface area (Å²) in [5.41, 5.74) is 2.22. The first-order chi connectivity index (χ1) is 11.5. The molecule has 4 bridgehead atoms. The van der Waals surface area contributed by atoms with E-state index in [1.54, 1.807) is 18.3 Å². The predicted octanol–water partition coefficient (Wildman–Crippen LogP) is 1.64. The van der Waals surface area contributed by atoms with Crippen LogP contribution in [0.15, 0.2) is 34.5 Å². The van der Waals surface area contributed by atoms with E-state index < -0.39 is 4.92 Å². The lowest BCUT2D eigenvalue weighted by atomic mass is 9.72. The summed E-state index contributed by atoms with van der Waals surface area (Å²) in [6.07, 6.45) is 1.68. The maximum absolute atomic E-state index is 10.7. The lowest BCUT2D eigenvalue weighted by Crippen LogP contribution is -2.59. The van der Waals surface area contributed by atoms with Crippen molar-refractivity contribution < 1.29 is 4.92 Å². The predicted molar refractivity (Wildman–Crippen MR) is 92.6 cm³/mol. The third-order valence-electron chi connectivity index (χ3n) is 5.32. The molecule has 0 aromatic heterocycles. The van der Waals surface area contributed by atoms with E-state index in [0.717, 1.165) is 44.8 Å². The molecule has 7 nitrogen and oxygen atoms in total. The van der Waals surface area contributed by atoms with Crippen LogP contribution in [0.4, 0.5) is 5.69 Å². The minimum atomic E-state index is -0.399. The van der Waals surface area contributed by atoms with Gasteiger partial charge in [0.15, 0.2) is 0 Å². The topological polar surface area (TPSA) is 74.3 Å². The monoisotopic (exact) mass is 327 g/mol. The molecule has 0 N–H and O–H groups in total. The van der Waals surface area contributed by atoms with Gasteiger partial charge in [0, 0.05) is 62.7 Å². The van der Waals surface area contributed by atoms with E-state index in [4.69, 9.17) is 0 Å². The zero-order valence-electron chi connectivity index (χ0n) is 13.8. The third-order valence-corrected chi connectivity index (χ3v) is 5.32. The molecular formula is C17H21N5O2. The second kappa shape index (κ2) is 5.75. The van der Waals surface area contributed by atoms with Gasteiger partial charge < -0.3 is 9.80 Å². The van der Waals surface area contributed by atoms with E-state index >= 15 is 0 Å². The molecule has 2 unspecified atom stereocenters. The van der Waals surface area contributed by atoms with Crippen LogP contribution in [0.3, 0.4) is 0 Å². The molecule has 5 rings (SSSR count). The van der Waals surface area contributed by atoms with Crippen LogP contribution in [0.25, 0.3) is 0 Å². The van der Waals surface area contributed by atoms with E-state index in [9.17, 15) is 10.1 Å². The van der Waals surface area contributed by atoms with Crippen LogP contribution in [-0.2, 0) is 0 Å². The van der Waals surface area contributed by atoms with Gasteiger partial charge in [0.1, 0.15) is 0 Å². The van der Waals surface area contributed by atoms with Crippen molar-refractivity contribution in [2.75, 3.05) is 39.3 Å². The van der Waals surface area contributed by atoms with E-state index in [2.05, 4.69) is 26.9 Å². The minimum absolute atomic E-state index is 0.0878. The molecule has 0 aliphatic carbocycles. The van der Waals surface area contributed by atoms with Gasteiger partial charge in [-0.25, -0.2) is 0 Å². The molecule has 4 fully saturated rings. The second-order valence-corrected chi connectivity index (χ2v) is 7.31. The Balaban J connectivity index is 1.54. The molecule has 126 valence electrons. The van der Waals surface area contributed by atoms with Crippen molar-refractivity contribution in [3.8, 4) is 0 Å². The van der Waals surface area contributed by atoms with Gasteiger partial charge in [0.2, 0.25) is 0 Å². The number of nitrogens with zero attached hydrogens (tertiary/aromatic N) is 5. The first kappa shape index (κ1) is 15.4. The maximum atomic E-state index is 10.7. The second-order valence-electron chi connectivity index (χ2n) is 7.31. The summed E-state index contributed by atoms with van der Waals surface area (Å²) in [6, 6.07) is 6.37. The van der Waals surface area contributed by atoms with Crippen LogP contribution in [-0.4, -0.2) is 65.9 Å². The third kappa shape index (κ3) is 2.74. The fraction of sp³-hybridized carbons (Fsp3) is 0.529. The van der Waals surface area contributed by atoms with Crippen molar-refractivity contribution in [3.63, 3.8) is 0 Å². The van der Waals surface area contributed by atoms with Crippen LogP contribution in [0.1, 0.15) is 12.5 Å². The number of nitro groups is 1. The van der Waals surface area contributed by atoms with Gasteiger partial charge in [-0.05, 0) is 17.7 Å². The normalized spacial score (nSPS) is 36.4. The van der Waals surface area contributed by atoms with Gasteiger partial charge in [0.25, 0.3) is 5.69 Å². The number of piperidine rings is 2. The average Bonchev–Trinajstić information content (AvgIpc) is 2.77. The van der Waals surface area contributed by atoms with Crippen molar-refractivity contribution >= 4 is 17.6 Å². The fourth-order valence-electron chi connectivity index (χ4n) is 4.34. The molecule has 4 aliphatic rings. The first-order valence-corrected chi connectivity index (χ1v) is 8.34. The molecule has 4 heterocycles. The fourth-order valence-corrected chi connectivity index (χ4v) is 4.34. The Bertz CT molecular complexity index is 696. The number of nitro benzene ring substituents is 1.